The Kier molecular flexibility index (Phi) is 3.34. The van der Waals surface area contributed by atoms with Crippen molar-refractivity contribution in [3.05, 3.63) is 77.3 Å². The van der Waals surface area contributed by atoms with Gasteiger partial charge in [0.05, 0.1) is 28.6 Å². The molecule has 0 spiro atoms. The van der Waals surface area contributed by atoms with Gasteiger partial charge in [-0.25, -0.2) is 9.78 Å². The summed E-state index contributed by atoms with van der Waals surface area (Å²) in [6.45, 7) is 0. The molecule has 29 heavy (non-hydrogen) atoms. The van der Waals surface area contributed by atoms with Crippen LogP contribution in [-0.2, 0) is 0 Å². The molecule has 0 amide bonds. The van der Waals surface area contributed by atoms with E-state index < -0.39 is 0 Å². The van der Waals surface area contributed by atoms with Gasteiger partial charge in [0.1, 0.15) is 11.3 Å². The molecule has 140 valence electrons. The van der Waals surface area contributed by atoms with Gasteiger partial charge in [-0.1, -0.05) is 41.7 Å². The third-order valence-electron chi connectivity index (χ3n) is 5.22. The summed E-state index contributed by atoms with van der Waals surface area (Å²) < 4.78 is 14.0. The Hall–Kier alpha value is -3.64. The zero-order valence-electron chi connectivity index (χ0n) is 15.4. The van der Waals surface area contributed by atoms with Gasteiger partial charge in [0.2, 0.25) is 0 Å². The second kappa shape index (κ2) is 5.93. The Bertz CT molecular complexity index is 1620. The van der Waals surface area contributed by atoms with Gasteiger partial charge in [-0.3, -0.25) is 4.40 Å². The molecule has 0 atom stereocenters. The SMILES string of the molecule is COc1ccc2c(c1)sc1nc(-c3cc4c(ccc5ccccc54)oc3=O)cn12. The van der Waals surface area contributed by atoms with Crippen LogP contribution in [0.1, 0.15) is 0 Å². The lowest BCUT2D eigenvalue weighted by Crippen LogP contribution is -2.03. The molecular formula is C23H14N2O3S. The molecule has 0 aliphatic carbocycles. The number of nitrogens with zero attached hydrogens (tertiary/aromatic N) is 2. The molecule has 0 aliphatic heterocycles. The van der Waals surface area contributed by atoms with E-state index in [0.717, 1.165) is 37.1 Å². The first-order valence-corrected chi connectivity index (χ1v) is 9.94. The van der Waals surface area contributed by atoms with E-state index in [0.29, 0.717) is 16.8 Å². The molecule has 0 saturated carbocycles. The van der Waals surface area contributed by atoms with Crippen LogP contribution in [0.5, 0.6) is 5.75 Å². The Morgan fingerprint density at radius 2 is 1.93 bits per heavy atom. The van der Waals surface area contributed by atoms with Crippen molar-refractivity contribution < 1.29 is 9.15 Å². The monoisotopic (exact) mass is 398 g/mol. The van der Waals surface area contributed by atoms with E-state index in [1.165, 1.54) is 0 Å². The summed E-state index contributed by atoms with van der Waals surface area (Å²) in [5.74, 6) is 0.810. The summed E-state index contributed by atoms with van der Waals surface area (Å²) in [5.41, 5.74) is 2.30. The van der Waals surface area contributed by atoms with Crippen molar-refractivity contribution in [2.45, 2.75) is 0 Å². The maximum Gasteiger partial charge on any atom is 0.345 e. The highest BCUT2D eigenvalue weighted by atomic mass is 32.1. The van der Waals surface area contributed by atoms with Crippen LogP contribution in [0.15, 0.2) is 76.1 Å². The fraction of sp³-hybridized carbons (Fsp3) is 0.0435. The Morgan fingerprint density at radius 3 is 2.83 bits per heavy atom. The number of fused-ring (bicyclic) bond motifs is 6. The Labute approximate surface area is 168 Å². The van der Waals surface area contributed by atoms with Gasteiger partial charge in [0.15, 0.2) is 4.96 Å². The fourth-order valence-corrected chi connectivity index (χ4v) is 4.82. The number of rotatable bonds is 2. The molecule has 0 unspecified atom stereocenters. The van der Waals surface area contributed by atoms with Crippen LogP contribution < -0.4 is 10.4 Å². The van der Waals surface area contributed by atoms with Gasteiger partial charge in [0.25, 0.3) is 0 Å². The molecular weight excluding hydrogens is 384 g/mol. The van der Waals surface area contributed by atoms with E-state index in [1.807, 2.05) is 71.3 Å². The number of aromatic nitrogens is 2. The molecule has 6 aromatic rings. The number of methoxy groups -OCH3 is 1. The lowest BCUT2D eigenvalue weighted by molar-refractivity contribution is 0.415. The van der Waals surface area contributed by atoms with Gasteiger partial charge in [-0.15, -0.1) is 0 Å². The summed E-state index contributed by atoms with van der Waals surface area (Å²) in [4.78, 5) is 18.2. The molecule has 3 aromatic heterocycles. The maximum atomic E-state index is 12.7. The second-order valence-electron chi connectivity index (χ2n) is 6.86. The molecule has 6 rings (SSSR count). The van der Waals surface area contributed by atoms with Gasteiger partial charge in [-0.2, -0.15) is 0 Å². The van der Waals surface area contributed by atoms with E-state index in [9.17, 15) is 4.79 Å². The predicted octanol–water partition coefficient (Wildman–Crippen LogP) is 5.48. The fourth-order valence-electron chi connectivity index (χ4n) is 3.79. The van der Waals surface area contributed by atoms with Gasteiger partial charge in [-0.05, 0) is 41.1 Å². The quantitative estimate of drug-likeness (QED) is 0.286. The minimum absolute atomic E-state index is 0.385. The zero-order valence-corrected chi connectivity index (χ0v) is 16.2. The molecule has 5 nitrogen and oxygen atoms in total. The second-order valence-corrected chi connectivity index (χ2v) is 7.87. The van der Waals surface area contributed by atoms with Crippen molar-refractivity contribution in [1.29, 1.82) is 0 Å². The summed E-state index contributed by atoms with van der Waals surface area (Å²) in [6.07, 6.45) is 1.89. The lowest BCUT2D eigenvalue weighted by Gasteiger charge is -2.04. The van der Waals surface area contributed by atoms with E-state index in [-0.39, 0.29) is 5.63 Å². The molecule has 3 heterocycles. The lowest BCUT2D eigenvalue weighted by atomic mass is 10.0. The largest absolute Gasteiger partial charge is 0.497 e. The van der Waals surface area contributed by atoms with Gasteiger partial charge in [0, 0.05) is 11.6 Å². The van der Waals surface area contributed by atoms with Crippen LogP contribution >= 0.6 is 11.3 Å². The summed E-state index contributed by atoms with van der Waals surface area (Å²) in [6, 6.07) is 19.7. The van der Waals surface area contributed by atoms with E-state index in [1.54, 1.807) is 18.4 Å². The van der Waals surface area contributed by atoms with E-state index >= 15 is 0 Å². The highest BCUT2D eigenvalue weighted by molar-refractivity contribution is 7.23. The average molecular weight is 398 g/mol. The molecule has 6 heteroatoms. The molecule has 0 saturated heterocycles. The van der Waals surface area contributed by atoms with Crippen LogP contribution in [-0.4, -0.2) is 16.5 Å². The first-order chi connectivity index (χ1) is 14.2. The highest BCUT2D eigenvalue weighted by Gasteiger charge is 2.15. The number of hydrogen-bond donors (Lipinski definition) is 0. The van der Waals surface area contributed by atoms with E-state index in [4.69, 9.17) is 14.1 Å². The summed E-state index contributed by atoms with van der Waals surface area (Å²) in [5, 5.41) is 3.06. The van der Waals surface area contributed by atoms with Crippen molar-refractivity contribution in [2.24, 2.45) is 0 Å². The molecule has 0 N–H and O–H groups in total. The standard InChI is InChI=1S/C23H14N2O3S/c1-27-14-7-8-19-21(10-14)29-23-24-18(12-25(19)23)17-11-16-15-5-3-2-4-13(15)6-9-20(16)28-22(17)26/h2-12H,1H3. The van der Waals surface area contributed by atoms with Crippen LogP contribution in [0, 0.1) is 0 Å². The minimum atomic E-state index is -0.385. The first kappa shape index (κ1) is 16.3. The molecule has 0 radical (unpaired) electrons. The predicted molar refractivity (Wildman–Crippen MR) is 116 cm³/mol. The zero-order chi connectivity index (χ0) is 19.5. The van der Waals surface area contributed by atoms with Gasteiger partial charge < -0.3 is 9.15 Å². The van der Waals surface area contributed by atoms with Crippen molar-refractivity contribution in [3.8, 4) is 17.0 Å². The molecule has 0 aliphatic rings. The van der Waals surface area contributed by atoms with Crippen molar-refractivity contribution in [2.75, 3.05) is 7.11 Å². The van der Waals surface area contributed by atoms with Crippen LogP contribution in [0.4, 0.5) is 0 Å². The Morgan fingerprint density at radius 1 is 1.03 bits per heavy atom. The molecule has 0 fully saturated rings. The number of hydrogen-bond acceptors (Lipinski definition) is 5. The topological polar surface area (TPSA) is 56.7 Å². The summed E-state index contributed by atoms with van der Waals surface area (Å²) >= 11 is 1.56. The molecule has 0 bridgehead atoms. The molecule has 3 aromatic carbocycles. The minimum Gasteiger partial charge on any atom is -0.497 e. The normalized spacial score (nSPS) is 11.8. The highest BCUT2D eigenvalue weighted by Crippen LogP contribution is 2.32. The Balaban J connectivity index is 1.60. The van der Waals surface area contributed by atoms with Crippen LogP contribution in [0.25, 0.3) is 48.2 Å². The smallest absolute Gasteiger partial charge is 0.345 e. The third kappa shape index (κ3) is 2.39. The summed E-state index contributed by atoms with van der Waals surface area (Å²) in [7, 11) is 1.65. The number of imidazole rings is 1. The van der Waals surface area contributed by atoms with Crippen molar-refractivity contribution >= 4 is 48.3 Å². The number of thiazole rings is 1. The maximum absolute atomic E-state index is 12.7. The van der Waals surface area contributed by atoms with Crippen molar-refractivity contribution in [1.82, 2.24) is 9.38 Å². The van der Waals surface area contributed by atoms with Gasteiger partial charge >= 0.3 is 5.63 Å². The number of ether oxygens (including phenoxy) is 1. The van der Waals surface area contributed by atoms with Crippen molar-refractivity contribution in [3.63, 3.8) is 0 Å². The number of benzene rings is 3. The average Bonchev–Trinajstić information content (AvgIpc) is 3.30. The first-order valence-electron chi connectivity index (χ1n) is 9.13. The van der Waals surface area contributed by atoms with Crippen LogP contribution in [0.2, 0.25) is 0 Å². The van der Waals surface area contributed by atoms with E-state index in [2.05, 4.69) is 0 Å². The third-order valence-corrected chi connectivity index (χ3v) is 6.24. The van der Waals surface area contributed by atoms with Crippen LogP contribution in [0.3, 0.4) is 0 Å².